The zero-order valence-electron chi connectivity index (χ0n) is 15.0. The summed E-state index contributed by atoms with van der Waals surface area (Å²) in [6.45, 7) is 3.49. The van der Waals surface area contributed by atoms with Gasteiger partial charge in [0.1, 0.15) is 0 Å². The highest BCUT2D eigenvalue weighted by atomic mass is 16.3. The molecule has 0 radical (unpaired) electrons. The van der Waals surface area contributed by atoms with Crippen LogP contribution in [0.3, 0.4) is 0 Å². The Morgan fingerprint density at radius 2 is 1.77 bits per heavy atom. The Kier molecular flexibility index (Phi) is 6.63. The van der Waals surface area contributed by atoms with E-state index in [0.29, 0.717) is 6.54 Å². The van der Waals surface area contributed by atoms with Gasteiger partial charge in [0.25, 0.3) is 0 Å². The quantitative estimate of drug-likeness (QED) is 0.698. The van der Waals surface area contributed by atoms with E-state index in [1.54, 1.807) is 0 Å². The van der Waals surface area contributed by atoms with Gasteiger partial charge in [-0.3, -0.25) is 0 Å². The number of anilines is 1. The summed E-state index contributed by atoms with van der Waals surface area (Å²) in [7, 11) is 0. The zero-order valence-corrected chi connectivity index (χ0v) is 15.0. The van der Waals surface area contributed by atoms with Crippen LogP contribution in [0.2, 0.25) is 0 Å². The van der Waals surface area contributed by atoms with Crippen molar-refractivity contribution >= 4 is 11.7 Å². The molecule has 26 heavy (non-hydrogen) atoms. The minimum Gasteiger partial charge on any atom is -0.393 e. The lowest BCUT2D eigenvalue weighted by molar-refractivity contribution is 0.0822. The third-order valence-corrected chi connectivity index (χ3v) is 4.72. The van der Waals surface area contributed by atoms with Crippen molar-refractivity contribution < 1.29 is 9.90 Å². The second-order valence-corrected chi connectivity index (χ2v) is 6.75. The van der Waals surface area contributed by atoms with E-state index in [-0.39, 0.29) is 12.1 Å². The Bertz CT molecular complexity index is 697. The monoisotopic (exact) mass is 353 g/mol. The smallest absolute Gasteiger partial charge is 0.319 e. The third kappa shape index (κ3) is 5.58. The van der Waals surface area contributed by atoms with Gasteiger partial charge in [0.15, 0.2) is 0 Å². The molecule has 0 spiro atoms. The van der Waals surface area contributed by atoms with Crippen molar-refractivity contribution in [1.82, 2.24) is 10.2 Å². The molecule has 0 aromatic heterocycles. The molecular weight excluding hydrogens is 326 g/mol. The summed E-state index contributed by atoms with van der Waals surface area (Å²) < 4.78 is 0. The van der Waals surface area contributed by atoms with Crippen LogP contribution in [0.25, 0.3) is 11.1 Å². The van der Waals surface area contributed by atoms with Crippen LogP contribution in [0.4, 0.5) is 10.5 Å². The van der Waals surface area contributed by atoms with Crippen molar-refractivity contribution in [2.45, 2.75) is 25.4 Å². The molecule has 2 aromatic carbocycles. The second-order valence-electron chi connectivity index (χ2n) is 6.75. The standard InChI is InChI=1S/C21H27N3O2/c25-20-10-14-24(15-11-20)13-5-12-22-21(26)23-19-9-4-8-18(16-19)17-6-2-1-3-7-17/h1-4,6-9,16,20,25H,5,10-15H2,(H2,22,23,26). The first-order valence-corrected chi connectivity index (χ1v) is 9.31. The summed E-state index contributed by atoms with van der Waals surface area (Å²) in [5.41, 5.74) is 2.99. The highest BCUT2D eigenvalue weighted by Gasteiger charge is 2.16. The molecule has 0 bridgehead atoms. The highest BCUT2D eigenvalue weighted by Crippen LogP contribution is 2.22. The SMILES string of the molecule is O=C(NCCCN1CCC(O)CC1)Nc1cccc(-c2ccccc2)c1. The lowest BCUT2D eigenvalue weighted by Gasteiger charge is -2.29. The number of amides is 2. The molecule has 1 saturated heterocycles. The molecule has 5 nitrogen and oxygen atoms in total. The van der Waals surface area contributed by atoms with Crippen LogP contribution >= 0.6 is 0 Å². The first kappa shape index (κ1) is 18.4. The molecular formula is C21H27N3O2. The molecule has 0 saturated carbocycles. The number of nitrogens with one attached hydrogen (secondary N) is 2. The van der Waals surface area contributed by atoms with Gasteiger partial charge in [-0.15, -0.1) is 0 Å². The molecule has 0 aliphatic carbocycles. The highest BCUT2D eigenvalue weighted by molar-refractivity contribution is 5.90. The van der Waals surface area contributed by atoms with Gasteiger partial charge in [0, 0.05) is 25.3 Å². The van der Waals surface area contributed by atoms with Gasteiger partial charge in [-0.1, -0.05) is 42.5 Å². The summed E-state index contributed by atoms with van der Waals surface area (Å²) in [6, 6.07) is 17.8. The number of likely N-dealkylation sites (tertiary alicyclic amines) is 1. The normalized spacial score (nSPS) is 15.6. The number of hydrogen-bond donors (Lipinski definition) is 3. The van der Waals surface area contributed by atoms with E-state index in [2.05, 4.69) is 27.7 Å². The predicted molar refractivity (Wildman–Crippen MR) is 105 cm³/mol. The van der Waals surface area contributed by atoms with E-state index < -0.39 is 0 Å². The van der Waals surface area contributed by atoms with Gasteiger partial charge < -0.3 is 20.6 Å². The van der Waals surface area contributed by atoms with Crippen molar-refractivity contribution in [2.75, 3.05) is 31.5 Å². The Morgan fingerprint density at radius 1 is 1.04 bits per heavy atom. The number of aliphatic hydroxyl groups excluding tert-OH is 1. The number of rotatable bonds is 6. The maximum atomic E-state index is 12.1. The number of carbonyl (C=O) groups is 1. The molecule has 3 rings (SSSR count). The maximum absolute atomic E-state index is 12.1. The third-order valence-electron chi connectivity index (χ3n) is 4.72. The van der Waals surface area contributed by atoms with E-state index in [1.807, 2.05) is 42.5 Å². The topological polar surface area (TPSA) is 64.6 Å². The average Bonchev–Trinajstić information content (AvgIpc) is 2.67. The van der Waals surface area contributed by atoms with E-state index in [1.165, 1.54) is 0 Å². The van der Waals surface area contributed by atoms with Gasteiger partial charge in [-0.05, 0) is 49.1 Å². The van der Waals surface area contributed by atoms with E-state index >= 15 is 0 Å². The van der Waals surface area contributed by atoms with E-state index in [4.69, 9.17) is 0 Å². The Labute approximate surface area is 155 Å². The average molecular weight is 353 g/mol. The van der Waals surface area contributed by atoms with Gasteiger partial charge in [-0.25, -0.2) is 4.79 Å². The number of carbonyl (C=O) groups excluding carboxylic acids is 1. The fourth-order valence-electron chi connectivity index (χ4n) is 3.23. The molecule has 5 heteroatoms. The number of nitrogens with zero attached hydrogens (tertiary/aromatic N) is 1. The number of benzene rings is 2. The van der Waals surface area contributed by atoms with Crippen LogP contribution < -0.4 is 10.6 Å². The molecule has 1 fully saturated rings. The molecule has 0 atom stereocenters. The molecule has 1 aliphatic rings. The number of piperidine rings is 1. The van der Waals surface area contributed by atoms with Crippen molar-refractivity contribution in [1.29, 1.82) is 0 Å². The van der Waals surface area contributed by atoms with E-state index in [0.717, 1.165) is 55.7 Å². The first-order chi connectivity index (χ1) is 12.7. The Morgan fingerprint density at radius 3 is 2.54 bits per heavy atom. The van der Waals surface area contributed by atoms with Crippen LogP contribution in [0.1, 0.15) is 19.3 Å². The van der Waals surface area contributed by atoms with Crippen LogP contribution in [0.15, 0.2) is 54.6 Å². The fraction of sp³-hybridized carbons (Fsp3) is 0.381. The van der Waals surface area contributed by atoms with Gasteiger partial charge in [0.05, 0.1) is 6.10 Å². The minimum absolute atomic E-state index is 0.137. The van der Waals surface area contributed by atoms with Gasteiger partial charge in [0.2, 0.25) is 0 Å². The Balaban J connectivity index is 1.41. The molecule has 3 N–H and O–H groups in total. The Hall–Kier alpha value is -2.37. The van der Waals surface area contributed by atoms with Gasteiger partial charge in [-0.2, -0.15) is 0 Å². The summed E-state index contributed by atoms with van der Waals surface area (Å²) in [4.78, 5) is 14.4. The number of urea groups is 1. The fourth-order valence-corrected chi connectivity index (χ4v) is 3.23. The summed E-state index contributed by atoms with van der Waals surface area (Å²) in [5, 5.41) is 15.3. The predicted octanol–water partition coefficient (Wildman–Crippen LogP) is 3.32. The number of aliphatic hydroxyl groups is 1. The van der Waals surface area contributed by atoms with Crippen LogP contribution in [-0.4, -0.2) is 48.3 Å². The van der Waals surface area contributed by atoms with Crippen molar-refractivity contribution in [3.8, 4) is 11.1 Å². The lowest BCUT2D eigenvalue weighted by Crippen LogP contribution is -2.38. The van der Waals surface area contributed by atoms with Crippen molar-refractivity contribution in [3.05, 3.63) is 54.6 Å². The van der Waals surface area contributed by atoms with Gasteiger partial charge >= 0.3 is 6.03 Å². The summed E-state index contributed by atoms with van der Waals surface area (Å²) >= 11 is 0. The number of hydrogen-bond acceptors (Lipinski definition) is 3. The van der Waals surface area contributed by atoms with Crippen LogP contribution in [0.5, 0.6) is 0 Å². The lowest BCUT2D eigenvalue weighted by atomic mass is 10.1. The van der Waals surface area contributed by atoms with Crippen molar-refractivity contribution in [3.63, 3.8) is 0 Å². The second kappa shape index (κ2) is 9.36. The zero-order chi connectivity index (χ0) is 18.2. The van der Waals surface area contributed by atoms with Crippen LogP contribution in [0, 0.1) is 0 Å². The largest absolute Gasteiger partial charge is 0.393 e. The van der Waals surface area contributed by atoms with E-state index in [9.17, 15) is 9.90 Å². The molecule has 1 heterocycles. The summed E-state index contributed by atoms with van der Waals surface area (Å²) in [6.07, 6.45) is 2.48. The summed E-state index contributed by atoms with van der Waals surface area (Å²) in [5.74, 6) is 0. The molecule has 138 valence electrons. The maximum Gasteiger partial charge on any atom is 0.319 e. The molecule has 1 aliphatic heterocycles. The van der Waals surface area contributed by atoms with Crippen LogP contribution in [-0.2, 0) is 0 Å². The minimum atomic E-state index is -0.177. The molecule has 0 unspecified atom stereocenters. The molecule has 2 amide bonds. The molecule has 2 aromatic rings. The first-order valence-electron chi connectivity index (χ1n) is 9.31. The van der Waals surface area contributed by atoms with Crippen molar-refractivity contribution in [2.24, 2.45) is 0 Å².